The molecule has 8 nitrogen and oxygen atoms in total. The zero-order valence-corrected chi connectivity index (χ0v) is 25.5. The molecule has 0 saturated carbocycles. The van der Waals surface area contributed by atoms with E-state index in [1.807, 2.05) is 11.0 Å². The molecule has 2 aromatic carbocycles. The molecule has 0 radical (unpaired) electrons. The first kappa shape index (κ1) is 29.6. The zero-order chi connectivity index (χ0) is 31.1. The normalized spacial score (nSPS) is 24.7. The molecule has 0 unspecified atom stereocenters. The maximum absolute atomic E-state index is 14.5. The molecule has 10 heteroatoms. The molecule has 45 heavy (non-hydrogen) atoms. The van der Waals surface area contributed by atoms with Gasteiger partial charge in [0, 0.05) is 38.0 Å². The summed E-state index contributed by atoms with van der Waals surface area (Å²) in [5.74, 6) is -1.18. The lowest BCUT2D eigenvalue weighted by molar-refractivity contribution is -0.131. The van der Waals surface area contributed by atoms with Crippen LogP contribution in [0.3, 0.4) is 0 Å². The van der Waals surface area contributed by atoms with Crippen molar-refractivity contribution in [3.63, 3.8) is 0 Å². The first-order valence-electron chi connectivity index (χ1n) is 16.1. The van der Waals surface area contributed by atoms with Crippen LogP contribution in [0.1, 0.15) is 49.7 Å². The van der Waals surface area contributed by atoms with Crippen molar-refractivity contribution < 1.29 is 18.3 Å². The van der Waals surface area contributed by atoms with Crippen LogP contribution >= 0.6 is 0 Å². The highest BCUT2D eigenvalue weighted by Crippen LogP contribution is 2.41. The number of fused-ring (bicyclic) bond motifs is 3. The van der Waals surface area contributed by atoms with E-state index >= 15 is 0 Å². The fourth-order valence-corrected chi connectivity index (χ4v) is 8.02. The number of halogens is 2. The van der Waals surface area contributed by atoms with E-state index in [9.17, 15) is 18.8 Å². The molecule has 3 aliphatic heterocycles. The Kier molecular flexibility index (Phi) is 7.90. The third-order valence-corrected chi connectivity index (χ3v) is 10.2. The summed E-state index contributed by atoms with van der Waals surface area (Å²) in [5, 5.41) is 10.3. The zero-order valence-electron chi connectivity index (χ0n) is 25.5. The first-order valence-corrected chi connectivity index (χ1v) is 16.1. The molecule has 234 valence electrons. The van der Waals surface area contributed by atoms with Crippen LogP contribution in [0.2, 0.25) is 0 Å². The summed E-state index contributed by atoms with van der Waals surface area (Å²) in [6.07, 6.45) is 6.05. The second-order valence-electron chi connectivity index (χ2n) is 12.9. The first-order chi connectivity index (χ1) is 21.8. The van der Waals surface area contributed by atoms with E-state index < -0.39 is 23.9 Å². The van der Waals surface area contributed by atoms with E-state index in [2.05, 4.69) is 47.9 Å². The SMILES string of the molecule is C=C(F)C(=O)N1CCN(c2nc(OC[C@@]34CCCN3C[C@H](F)C4)nc3cc(-c4cccc5c4CCCC5)ccc23)C[C@@H]1CC#N. The van der Waals surface area contributed by atoms with Crippen LogP contribution in [0.25, 0.3) is 22.0 Å². The molecule has 0 bridgehead atoms. The number of anilines is 1. The van der Waals surface area contributed by atoms with Crippen LogP contribution in [0.15, 0.2) is 48.8 Å². The summed E-state index contributed by atoms with van der Waals surface area (Å²) >= 11 is 0. The summed E-state index contributed by atoms with van der Waals surface area (Å²) < 4.78 is 34.7. The van der Waals surface area contributed by atoms with Crippen molar-refractivity contribution in [3.05, 3.63) is 59.9 Å². The van der Waals surface area contributed by atoms with Crippen molar-refractivity contribution in [2.45, 2.75) is 69.1 Å². The van der Waals surface area contributed by atoms with Crippen molar-refractivity contribution in [1.29, 1.82) is 5.26 Å². The molecule has 4 aliphatic rings. The van der Waals surface area contributed by atoms with Gasteiger partial charge in [-0.05, 0) is 79.5 Å². The smallest absolute Gasteiger partial charge is 0.319 e. The number of aromatic nitrogens is 2. The number of carbonyl (C=O) groups excluding carboxylic acids is 1. The van der Waals surface area contributed by atoms with Crippen molar-refractivity contribution in [2.24, 2.45) is 0 Å². The van der Waals surface area contributed by atoms with Gasteiger partial charge >= 0.3 is 6.01 Å². The van der Waals surface area contributed by atoms with E-state index in [1.165, 1.54) is 34.4 Å². The van der Waals surface area contributed by atoms with Gasteiger partial charge in [-0.3, -0.25) is 9.69 Å². The van der Waals surface area contributed by atoms with Crippen molar-refractivity contribution in [1.82, 2.24) is 19.8 Å². The molecule has 3 atom stereocenters. The number of benzene rings is 2. The second kappa shape index (κ2) is 12.0. The predicted octanol–water partition coefficient (Wildman–Crippen LogP) is 5.54. The third-order valence-electron chi connectivity index (χ3n) is 10.2. The molecular weight excluding hydrogens is 574 g/mol. The fraction of sp³-hybridized carbons (Fsp3) is 0.486. The molecule has 3 fully saturated rings. The summed E-state index contributed by atoms with van der Waals surface area (Å²) in [6.45, 7) is 5.70. The van der Waals surface area contributed by atoms with Gasteiger partial charge in [0.25, 0.3) is 5.91 Å². The van der Waals surface area contributed by atoms with Gasteiger partial charge in [0.15, 0.2) is 5.83 Å². The highest BCUT2D eigenvalue weighted by atomic mass is 19.1. The van der Waals surface area contributed by atoms with Crippen LogP contribution in [0.4, 0.5) is 14.6 Å². The minimum absolute atomic E-state index is 0.0495. The molecule has 3 saturated heterocycles. The minimum Gasteiger partial charge on any atom is -0.461 e. The molecule has 1 amide bonds. The van der Waals surface area contributed by atoms with E-state index in [4.69, 9.17) is 14.7 Å². The topological polar surface area (TPSA) is 85.6 Å². The Morgan fingerprint density at radius 2 is 1.98 bits per heavy atom. The summed E-state index contributed by atoms with van der Waals surface area (Å²) in [6, 6.07) is 14.6. The maximum atomic E-state index is 14.5. The average molecular weight is 613 g/mol. The van der Waals surface area contributed by atoms with Crippen LogP contribution in [-0.4, -0.2) is 82.8 Å². The van der Waals surface area contributed by atoms with E-state index in [1.54, 1.807) is 0 Å². The Morgan fingerprint density at radius 1 is 1.11 bits per heavy atom. The highest BCUT2D eigenvalue weighted by Gasteiger charge is 2.49. The second-order valence-corrected chi connectivity index (χ2v) is 12.9. The monoisotopic (exact) mass is 612 g/mol. The molecule has 7 rings (SSSR count). The Bertz CT molecular complexity index is 1690. The predicted molar refractivity (Wildman–Crippen MR) is 168 cm³/mol. The standard InChI is InChI=1S/C35H38F2N6O2/c1-23(36)33(44)43-17-16-41(21-27(43)12-14-38)32-30-11-10-25(29-9-4-7-24-6-2-3-8-28(24)29)18-31(30)39-34(40-32)45-22-35-13-5-15-42(35)20-26(37)19-35/h4,7,9-11,18,26-27H,1-3,5-6,8,12-13,15-17,19-22H2/t26-,27+,35+/m1/s1. The molecular formula is C35H38F2N6O2. The van der Waals surface area contributed by atoms with Gasteiger partial charge in [-0.15, -0.1) is 0 Å². The van der Waals surface area contributed by atoms with Gasteiger partial charge in [0.1, 0.15) is 18.6 Å². The van der Waals surface area contributed by atoms with E-state index in [0.29, 0.717) is 38.5 Å². The Labute approximate surface area is 262 Å². The number of hydrogen-bond acceptors (Lipinski definition) is 7. The van der Waals surface area contributed by atoms with Crippen LogP contribution in [0.5, 0.6) is 6.01 Å². The number of amides is 1. The number of aryl methyl sites for hydroxylation is 1. The van der Waals surface area contributed by atoms with Crippen molar-refractivity contribution in [3.8, 4) is 23.2 Å². The molecule has 3 aromatic rings. The molecule has 0 N–H and O–H groups in total. The van der Waals surface area contributed by atoms with Crippen LogP contribution < -0.4 is 9.64 Å². The van der Waals surface area contributed by atoms with Crippen molar-refractivity contribution >= 4 is 22.6 Å². The Balaban J connectivity index is 1.27. The number of ether oxygens (including phenoxy) is 1. The van der Waals surface area contributed by atoms with Gasteiger partial charge in [0.2, 0.25) is 0 Å². The van der Waals surface area contributed by atoms with Crippen molar-refractivity contribution in [2.75, 3.05) is 44.2 Å². The van der Waals surface area contributed by atoms with Gasteiger partial charge in [-0.2, -0.15) is 15.2 Å². The maximum Gasteiger partial charge on any atom is 0.319 e. The van der Waals surface area contributed by atoms with Gasteiger partial charge in [-0.1, -0.05) is 30.8 Å². The number of hydrogen-bond donors (Lipinski definition) is 0. The molecule has 4 heterocycles. The van der Waals surface area contributed by atoms with Gasteiger partial charge in [-0.25, -0.2) is 8.78 Å². The quantitative estimate of drug-likeness (QED) is 0.324. The van der Waals surface area contributed by atoms with E-state index in [-0.39, 0.29) is 24.5 Å². The molecule has 0 spiro atoms. The number of nitrogens with zero attached hydrogens (tertiary/aromatic N) is 6. The minimum atomic E-state index is -1.03. The average Bonchev–Trinajstić information content (AvgIpc) is 3.58. The van der Waals surface area contributed by atoms with Crippen LogP contribution in [-0.2, 0) is 17.6 Å². The number of nitriles is 1. The lowest BCUT2D eigenvalue weighted by atomic mass is 9.86. The highest BCUT2D eigenvalue weighted by molar-refractivity contribution is 5.94. The van der Waals surface area contributed by atoms with Gasteiger partial charge < -0.3 is 14.5 Å². The summed E-state index contributed by atoms with van der Waals surface area (Å²) in [4.78, 5) is 27.9. The summed E-state index contributed by atoms with van der Waals surface area (Å²) in [7, 11) is 0. The van der Waals surface area contributed by atoms with Gasteiger partial charge in [0.05, 0.1) is 29.6 Å². The molecule has 1 aliphatic carbocycles. The number of carbonyl (C=O) groups is 1. The summed E-state index contributed by atoms with van der Waals surface area (Å²) in [5.41, 5.74) is 5.47. The fourth-order valence-electron chi connectivity index (χ4n) is 8.02. The lowest BCUT2D eigenvalue weighted by Gasteiger charge is -2.41. The lowest BCUT2D eigenvalue weighted by Crippen LogP contribution is -2.55. The molecule has 1 aromatic heterocycles. The largest absolute Gasteiger partial charge is 0.461 e. The Morgan fingerprint density at radius 3 is 2.82 bits per heavy atom. The Hall–Kier alpha value is -4.10. The number of piperazine rings is 1. The van der Waals surface area contributed by atoms with Crippen LogP contribution in [0, 0.1) is 11.3 Å². The number of alkyl halides is 1. The van der Waals surface area contributed by atoms with E-state index in [0.717, 1.165) is 48.7 Å². The third kappa shape index (κ3) is 5.52. The number of rotatable bonds is 7.